The second-order valence-corrected chi connectivity index (χ2v) is 20.8. The van der Waals surface area contributed by atoms with Gasteiger partial charge in [-0.2, -0.15) is 5.26 Å². The topological polar surface area (TPSA) is 97.4 Å². The van der Waals surface area contributed by atoms with Crippen molar-refractivity contribution in [3.05, 3.63) is 247 Å². The van der Waals surface area contributed by atoms with E-state index in [1.54, 1.807) is 30.3 Å². The van der Waals surface area contributed by atoms with Gasteiger partial charge in [0, 0.05) is 44.2 Å². The van der Waals surface area contributed by atoms with E-state index in [1.165, 1.54) is 39.9 Å². The quantitative estimate of drug-likeness (QED) is 0.0702. The molecule has 10 rings (SSSR count). The van der Waals surface area contributed by atoms with Gasteiger partial charge in [0.05, 0.1) is 40.6 Å². The first-order chi connectivity index (χ1) is 36.8. The molecule has 2 atom stereocenters. The predicted octanol–water partition coefficient (Wildman–Crippen LogP) is 16.4. The number of carbonyl (C=O) groups is 2. The number of benzene rings is 8. The lowest BCUT2D eigenvalue weighted by Gasteiger charge is -2.30. The smallest absolute Gasteiger partial charge is 0.331 e. The number of hydrogen-bond acceptors (Lipinski definition) is 7. The Balaban J connectivity index is 0.839. The molecule has 0 aliphatic rings. The molecule has 0 fully saturated rings. The second kappa shape index (κ2) is 21.0. The third kappa shape index (κ3) is 10.0. The minimum absolute atomic E-state index is 0.0941. The molecule has 10 aromatic rings. The largest absolute Gasteiger partial charge is 0.426 e. The molecule has 0 radical (unpaired) electrons. The highest BCUT2D eigenvalue weighted by Crippen LogP contribution is 2.41. The molecule has 0 spiro atoms. The van der Waals surface area contributed by atoms with Crippen LogP contribution in [-0.4, -0.2) is 21.5 Å². The van der Waals surface area contributed by atoms with Crippen LogP contribution >= 0.6 is 0 Å². The van der Waals surface area contributed by atoms with Crippen LogP contribution in [0.15, 0.2) is 225 Å². The summed E-state index contributed by atoms with van der Waals surface area (Å²) < 4.78 is 14.1. The van der Waals surface area contributed by atoms with Crippen LogP contribution in [0.3, 0.4) is 0 Å². The number of para-hydroxylation sites is 2. The maximum atomic E-state index is 13.9. The average Bonchev–Trinajstić information content (AvgIpc) is 3.81. The Morgan fingerprint density at radius 2 is 1.04 bits per heavy atom. The molecular weight excluding hydrogens is 937 g/mol. The van der Waals surface area contributed by atoms with E-state index >= 15 is 0 Å². The number of aromatic nitrogens is 2. The fraction of sp³-hybridized carbons (Fsp3) is 0.176. The average molecular weight is 997 g/mol. The van der Waals surface area contributed by atoms with Crippen LogP contribution in [0.2, 0.25) is 0 Å². The Morgan fingerprint density at radius 1 is 0.553 bits per heavy atom. The van der Waals surface area contributed by atoms with E-state index < -0.39 is 23.3 Å². The molecule has 8 aromatic carbocycles. The van der Waals surface area contributed by atoms with Gasteiger partial charge in [-0.15, -0.1) is 0 Å². The first-order valence-electron chi connectivity index (χ1n) is 25.9. The van der Waals surface area contributed by atoms with Gasteiger partial charge in [0.15, 0.2) is 5.41 Å². The zero-order valence-electron chi connectivity index (χ0n) is 43.8. The van der Waals surface area contributed by atoms with Gasteiger partial charge >= 0.3 is 11.9 Å². The van der Waals surface area contributed by atoms with E-state index in [0.717, 1.165) is 39.3 Å². The van der Waals surface area contributed by atoms with Gasteiger partial charge in [-0.05, 0) is 127 Å². The highest BCUT2D eigenvalue weighted by molar-refractivity contribution is 6.09. The Hall–Kier alpha value is -9.06. The van der Waals surface area contributed by atoms with Crippen LogP contribution in [0.25, 0.3) is 38.8 Å². The standard InChI is InChI=1S/C68H60N4O4/c1-7-47(44-68(6,46-69)65(74)76-58-24-18-19-48(43-58)61-42-39-56(45-70-61)72-62-27-16-14-25-59(62)60-26-15-17-28-63(60)72)64(73)75-57-40-37-55(38-41-57)71(53-33-29-51(30-34-53)66(2,3)49-20-10-8-11-21-49)54-35-31-52(32-36-54)67(4,5)50-22-12-9-13-23-50/h8-43,45,47H,7,44H2,1-6H3. The molecule has 0 N–H and O–H groups in total. The molecule has 8 heteroatoms. The maximum absolute atomic E-state index is 13.9. The Morgan fingerprint density at radius 3 is 1.53 bits per heavy atom. The van der Waals surface area contributed by atoms with Crippen molar-refractivity contribution in [2.24, 2.45) is 11.3 Å². The molecule has 0 saturated heterocycles. The lowest BCUT2D eigenvalue weighted by Crippen LogP contribution is -2.35. The molecule has 0 saturated carbocycles. The van der Waals surface area contributed by atoms with Crippen molar-refractivity contribution in [1.29, 1.82) is 5.26 Å². The van der Waals surface area contributed by atoms with Gasteiger partial charge in [-0.25, -0.2) is 4.79 Å². The van der Waals surface area contributed by atoms with Crippen molar-refractivity contribution in [2.75, 3.05) is 4.90 Å². The lowest BCUT2D eigenvalue weighted by molar-refractivity contribution is -0.145. The van der Waals surface area contributed by atoms with E-state index in [-0.39, 0.29) is 23.0 Å². The zero-order chi connectivity index (χ0) is 53.0. The molecule has 2 heterocycles. The minimum atomic E-state index is -1.65. The Bertz CT molecular complexity index is 3560. The normalized spacial score (nSPS) is 12.9. The van der Waals surface area contributed by atoms with Crippen molar-refractivity contribution in [3.63, 3.8) is 0 Å². The number of ether oxygens (including phenoxy) is 2. The number of fused-ring (bicyclic) bond motifs is 3. The molecule has 2 unspecified atom stereocenters. The fourth-order valence-corrected chi connectivity index (χ4v) is 10.3. The Kier molecular flexibility index (Phi) is 14.0. The van der Waals surface area contributed by atoms with Crippen LogP contribution in [0, 0.1) is 22.7 Å². The van der Waals surface area contributed by atoms with Gasteiger partial charge in [-0.1, -0.05) is 168 Å². The van der Waals surface area contributed by atoms with Crippen LogP contribution in [0.4, 0.5) is 17.1 Å². The van der Waals surface area contributed by atoms with E-state index in [4.69, 9.17) is 14.5 Å². The molecule has 76 heavy (non-hydrogen) atoms. The summed E-state index contributed by atoms with van der Waals surface area (Å²) in [6.07, 6.45) is 2.09. The summed E-state index contributed by atoms with van der Waals surface area (Å²) in [7, 11) is 0. The van der Waals surface area contributed by atoms with Crippen molar-refractivity contribution in [2.45, 2.75) is 65.2 Å². The van der Waals surface area contributed by atoms with Crippen molar-refractivity contribution in [1.82, 2.24) is 9.55 Å². The van der Waals surface area contributed by atoms with Crippen molar-refractivity contribution in [3.8, 4) is 34.5 Å². The fourth-order valence-electron chi connectivity index (χ4n) is 10.3. The predicted molar refractivity (Wildman–Crippen MR) is 306 cm³/mol. The number of pyridine rings is 1. The van der Waals surface area contributed by atoms with Crippen molar-refractivity contribution >= 4 is 50.8 Å². The van der Waals surface area contributed by atoms with Gasteiger partial charge in [0.2, 0.25) is 0 Å². The van der Waals surface area contributed by atoms with Gasteiger partial charge in [0.25, 0.3) is 0 Å². The first-order valence-corrected chi connectivity index (χ1v) is 25.9. The summed E-state index contributed by atoms with van der Waals surface area (Å²) >= 11 is 0. The lowest BCUT2D eigenvalue weighted by atomic mass is 9.78. The Labute approximate surface area is 445 Å². The number of carbonyl (C=O) groups excluding carboxylic acids is 2. The molecule has 0 bridgehead atoms. The van der Waals surface area contributed by atoms with Crippen molar-refractivity contribution < 1.29 is 19.1 Å². The summed E-state index contributed by atoms with van der Waals surface area (Å²) in [6.45, 7) is 12.3. The maximum Gasteiger partial charge on any atom is 0.331 e. The van der Waals surface area contributed by atoms with E-state index in [2.05, 4.69) is 165 Å². The van der Waals surface area contributed by atoms with Crippen LogP contribution in [0.1, 0.15) is 76.6 Å². The molecule has 376 valence electrons. The minimum Gasteiger partial charge on any atom is -0.426 e. The molecule has 0 amide bonds. The van der Waals surface area contributed by atoms with Crippen LogP contribution < -0.4 is 14.4 Å². The molecular formula is C68H60N4O4. The summed E-state index contributed by atoms with van der Waals surface area (Å²) in [4.78, 5) is 34.9. The number of esters is 2. The summed E-state index contributed by atoms with van der Waals surface area (Å²) in [6, 6.07) is 75.7. The molecule has 0 aliphatic heterocycles. The summed E-state index contributed by atoms with van der Waals surface area (Å²) in [5.74, 6) is -1.45. The van der Waals surface area contributed by atoms with Gasteiger partial charge in [-0.3, -0.25) is 9.78 Å². The highest BCUT2D eigenvalue weighted by atomic mass is 16.5. The number of nitrogens with zero attached hydrogens (tertiary/aromatic N) is 4. The third-order valence-corrected chi connectivity index (χ3v) is 15.1. The zero-order valence-corrected chi connectivity index (χ0v) is 43.8. The molecule has 2 aromatic heterocycles. The van der Waals surface area contributed by atoms with E-state index in [1.807, 2.05) is 79.9 Å². The number of rotatable bonds is 16. The third-order valence-electron chi connectivity index (χ3n) is 15.1. The monoisotopic (exact) mass is 996 g/mol. The SMILES string of the molecule is CCC(CC(C)(C#N)C(=O)Oc1cccc(-c2ccc(-n3c4ccccc4c4ccccc43)cn2)c1)C(=O)Oc1ccc(N(c2ccc(C(C)(C)c3ccccc3)cc2)c2ccc(C(C)(C)c3ccccc3)cc2)cc1. The van der Waals surface area contributed by atoms with E-state index in [0.29, 0.717) is 17.9 Å². The molecule has 0 aliphatic carbocycles. The summed E-state index contributed by atoms with van der Waals surface area (Å²) in [5.41, 5.74) is 10.1. The number of hydrogen-bond donors (Lipinski definition) is 0. The van der Waals surface area contributed by atoms with Gasteiger partial charge < -0.3 is 18.9 Å². The number of nitriles is 1. The number of anilines is 3. The second-order valence-electron chi connectivity index (χ2n) is 20.8. The summed E-state index contributed by atoms with van der Waals surface area (Å²) in [5, 5.41) is 12.8. The van der Waals surface area contributed by atoms with Crippen LogP contribution in [0.5, 0.6) is 11.5 Å². The van der Waals surface area contributed by atoms with E-state index in [9.17, 15) is 14.9 Å². The first kappa shape index (κ1) is 50.5. The molecule has 8 nitrogen and oxygen atoms in total. The highest BCUT2D eigenvalue weighted by Gasteiger charge is 2.40. The van der Waals surface area contributed by atoms with Crippen LogP contribution in [-0.2, 0) is 20.4 Å². The van der Waals surface area contributed by atoms with Gasteiger partial charge in [0.1, 0.15) is 11.5 Å².